The fraction of sp³-hybridized carbons (Fsp3) is 0.520. The lowest BCUT2D eigenvalue weighted by molar-refractivity contribution is -0.383. The van der Waals surface area contributed by atoms with Gasteiger partial charge in [-0.1, -0.05) is 25.3 Å². The summed E-state index contributed by atoms with van der Waals surface area (Å²) in [6, 6.07) is 7.67. The number of nitrogens with two attached hydrogens (primary N) is 1. The van der Waals surface area contributed by atoms with Gasteiger partial charge >= 0.3 is 5.69 Å². The molecular weight excluding hydrogens is 448 g/mol. The van der Waals surface area contributed by atoms with Gasteiger partial charge in [0.2, 0.25) is 0 Å². The molecule has 1 aliphatic carbocycles. The monoisotopic (exact) mass is 480 g/mol. The molecule has 4 N–H and O–H groups in total. The first-order valence-electron chi connectivity index (χ1n) is 12.3. The number of nitro groups is 1. The molecular formula is C25H32N6O4. The second kappa shape index (κ2) is 9.43. The molecule has 5 rings (SSSR count). The number of nitrogens with zero attached hydrogens (tertiary/aromatic N) is 5. The lowest BCUT2D eigenvalue weighted by atomic mass is 9.80. The lowest BCUT2D eigenvalue weighted by Crippen LogP contribution is -2.44. The van der Waals surface area contributed by atoms with Crippen LogP contribution in [0.2, 0.25) is 0 Å². The Hall–Kier alpha value is -3.24. The van der Waals surface area contributed by atoms with Crippen molar-refractivity contribution in [3.05, 3.63) is 40.7 Å². The minimum atomic E-state index is -0.506. The zero-order valence-electron chi connectivity index (χ0n) is 19.8. The van der Waals surface area contributed by atoms with Gasteiger partial charge in [-0.05, 0) is 37.8 Å². The Balaban J connectivity index is 1.51. The molecule has 3 heterocycles. The van der Waals surface area contributed by atoms with Crippen molar-refractivity contribution in [2.75, 3.05) is 36.9 Å². The fourth-order valence-corrected chi connectivity index (χ4v) is 5.50. The van der Waals surface area contributed by atoms with Gasteiger partial charge in [0.15, 0.2) is 5.69 Å². The van der Waals surface area contributed by atoms with E-state index < -0.39 is 10.3 Å². The Morgan fingerprint density at radius 1 is 1.11 bits per heavy atom. The number of aliphatic hydroxyl groups is 2. The topological polar surface area (TPSA) is 144 Å². The van der Waals surface area contributed by atoms with Crippen LogP contribution >= 0.6 is 0 Å². The minimum Gasteiger partial charge on any atom is -0.396 e. The first kappa shape index (κ1) is 23.5. The van der Waals surface area contributed by atoms with Crippen LogP contribution in [0, 0.1) is 15.5 Å². The highest BCUT2D eigenvalue weighted by atomic mass is 16.6. The Bertz CT molecular complexity index is 1220. The third-order valence-electron chi connectivity index (χ3n) is 7.83. The molecule has 0 bridgehead atoms. The number of anilines is 2. The second-order valence-corrected chi connectivity index (χ2v) is 9.97. The molecule has 0 amide bonds. The van der Waals surface area contributed by atoms with Crippen LogP contribution in [0.25, 0.3) is 22.3 Å². The number of piperidine rings is 1. The molecule has 1 saturated carbocycles. The predicted molar refractivity (Wildman–Crippen MR) is 134 cm³/mol. The summed E-state index contributed by atoms with van der Waals surface area (Å²) < 4.78 is 2.23. The molecule has 10 nitrogen and oxygen atoms in total. The van der Waals surface area contributed by atoms with Gasteiger partial charge in [-0.25, -0.2) is 9.97 Å². The number of rotatable bonds is 6. The van der Waals surface area contributed by atoms with E-state index in [0.717, 1.165) is 23.9 Å². The minimum absolute atomic E-state index is 0.0592. The Morgan fingerprint density at radius 2 is 1.83 bits per heavy atom. The highest BCUT2D eigenvalue weighted by molar-refractivity contribution is 5.87. The van der Waals surface area contributed by atoms with Crippen molar-refractivity contribution in [2.45, 2.75) is 51.0 Å². The van der Waals surface area contributed by atoms with E-state index in [1.54, 1.807) is 6.07 Å². The average molecular weight is 481 g/mol. The maximum Gasteiger partial charge on any atom is 0.318 e. The van der Waals surface area contributed by atoms with Crippen LogP contribution in [-0.4, -0.2) is 56.0 Å². The van der Waals surface area contributed by atoms with E-state index in [-0.39, 0.29) is 30.3 Å². The lowest BCUT2D eigenvalue weighted by Gasteiger charge is -2.40. The quantitative estimate of drug-likeness (QED) is 0.358. The molecule has 2 aromatic heterocycles. The molecule has 1 aliphatic heterocycles. The van der Waals surface area contributed by atoms with Crippen molar-refractivity contribution in [3.63, 3.8) is 0 Å². The van der Waals surface area contributed by atoms with E-state index in [1.807, 2.05) is 29.4 Å². The molecule has 0 spiro atoms. The molecule has 0 radical (unpaired) electrons. The average Bonchev–Trinajstić information content (AvgIpc) is 3.32. The third kappa shape index (κ3) is 4.32. The Kier molecular flexibility index (Phi) is 6.33. The van der Waals surface area contributed by atoms with Crippen LogP contribution in [0.4, 0.5) is 17.2 Å². The van der Waals surface area contributed by atoms with Crippen molar-refractivity contribution in [3.8, 4) is 11.3 Å². The number of nitrogen functional groups attached to an aromatic ring is 1. The van der Waals surface area contributed by atoms with Gasteiger partial charge in [-0.15, -0.1) is 0 Å². The zero-order chi connectivity index (χ0) is 24.6. The first-order valence-corrected chi connectivity index (χ1v) is 12.3. The number of hydrogen-bond acceptors (Lipinski definition) is 8. The Morgan fingerprint density at radius 3 is 2.49 bits per heavy atom. The summed E-state index contributed by atoms with van der Waals surface area (Å²) in [5.74, 6) is 0.556. The van der Waals surface area contributed by atoms with E-state index in [2.05, 4.69) is 9.55 Å². The van der Waals surface area contributed by atoms with Crippen LogP contribution < -0.4 is 10.6 Å². The van der Waals surface area contributed by atoms with Gasteiger partial charge in [0.25, 0.3) is 0 Å². The number of imidazole rings is 1. The van der Waals surface area contributed by atoms with Gasteiger partial charge in [0.05, 0.1) is 35.5 Å². The summed E-state index contributed by atoms with van der Waals surface area (Å²) in [5, 5.41) is 31.4. The molecule has 2 aliphatic rings. The van der Waals surface area contributed by atoms with Gasteiger partial charge in [-0.2, -0.15) is 0 Å². The van der Waals surface area contributed by atoms with E-state index in [4.69, 9.17) is 10.7 Å². The second-order valence-electron chi connectivity index (χ2n) is 9.97. The number of aliphatic hydroxyl groups excluding tert-OH is 2. The number of aromatic nitrogens is 3. The zero-order valence-corrected chi connectivity index (χ0v) is 19.8. The SMILES string of the molecule is Nc1cc(N2CCC(CO)(CO)CC2)nc(-c2ccc3c(c2)ncn3C2CCCCC2)c1[N+](=O)[O-]. The molecule has 10 heteroatoms. The molecule has 3 aromatic rings. The standard InChI is InChI=1S/C25H32N6O4/c26-19-13-22(29-10-8-25(14-32,15-33)9-11-29)28-23(24(19)31(34)35)17-6-7-21-20(12-17)27-16-30(21)18-4-2-1-3-5-18/h6-7,12-13,16,18,32-33H,1-5,8-11,14-15H2,(H2,26,28). The van der Waals surface area contributed by atoms with Crippen LogP contribution in [-0.2, 0) is 0 Å². The normalized spacial score (nSPS) is 18.7. The number of hydrogen-bond donors (Lipinski definition) is 3. The number of fused-ring (bicyclic) bond motifs is 1. The summed E-state index contributed by atoms with van der Waals surface area (Å²) in [6.07, 6.45) is 9.07. The van der Waals surface area contributed by atoms with Crippen LogP contribution in [0.15, 0.2) is 30.6 Å². The maximum absolute atomic E-state index is 11.9. The summed E-state index contributed by atoms with van der Waals surface area (Å²) in [7, 11) is 0. The van der Waals surface area contributed by atoms with Gasteiger partial charge < -0.3 is 25.4 Å². The van der Waals surface area contributed by atoms with Crippen molar-refractivity contribution in [2.24, 2.45) is 5.41 Å². The van der Waals surface area contributed by atoms with Crippen LogP contribution in [0.3, 0.4) is 0 Å². The largest absolute Gasteiger partial charge is 0.396 e. The van der Waals surface area contributed by atoms with Gasteiger partial charge in [0.1, 0.15) is 11.5 Å². The fourth-order valence-electron chi connectivity index (χ4n) is 5.50. The van der Waals surface area contributed by atoms with Crippen molar-refractivity contribution >= 4 is 28.2 Å². The summed E-state index contributed by atoms with van der Waals surface area (Å²) >= 11 is 0. The molecule has 1 aromatic carbocycles. The highest BCUT2D eigenvalue weighted by Crippen LogP contribution is 2.39. The van der Waals surface area contributed by atoms with Crippen LogP contribution in [0.5, 0.6) is 0 Å². The van der Waals surface area contributed by atoms with Crippen molar-refractivity contribution in [1.29, 1.82) is 0 Å². The molecule has 0 atom stereocenters. The summed E-state index contributed by atoms with van der Waals surface area (Å²) in [4.78, 5) is 22.8. The van der Waals surface area contributed by atoms with E-state index in [9.17, 15) is 20.3 Å². The summed E-state index contributed by atoms with van der Waals surface area (Å²) in [6.45, 7) is 0.975. The maximum atomic E-state index is 11.9. The molecule has 0 unspecified atom stereocenters. The highest BCUT2D eigenvalue weighted by Gasteiger charge is 2.35. The summed E-state index contributed by atoms with van der Waals surface area (Å²) in [5.41, 5.74) is 8.14. The van der Waals surface area contributed by atoms with E-state index >= 15 is 0 Å². The Labute approximate surface area is 203 Å². The molecule has 186 valence electrons. The third-order valence-corrected chi connectivity index (χ3v) is 7.83. The molecule has 35 heavy (non-hydrogen) atoms. The number of benzene rings is 1. The smallest absolute Gasteiger partial charge is 0.318 e. The van der Waals surface area contributed by atoms with Crippen LogP contribution in [0.1, 0.15) is 51.0 Å². The van der Waals surface area contributed by atoms with E-state index in [0.29, 0.717) is 43.4 Å². The van der Waals surface area contributed by atoms with Gasteiger partial charge in [-0.3, -0.25) is 10.1 Å². The van der Waals surface area contributed by atoms with Crippen molar-refractivity contribution in [1.82, 2.24) is 14.5 Å². The first-order chi connectivity index (χ1) is 16.9. The van der Waals surface area contributed by atoms with Crippen molar-refractivity contribution < 1.29 is 15.1 Å². The molecule has 1 saturated heterocycles. The van der Waals surface area contributed by atoms with E-state index in [1.165, 1.54) is 19.3 Å². The van der Waals surface area contributed by atoms with Gasteiger partial charge in [0, 0.05) is 36.2 Å². The molecule has 2 fully saturated rings. The number of pyridine rings is 1. The predicted octanol–water partition coefficient (Wildman–Crippen LogP) is 3.67.